The Bertz CT molecular complexity index is 892. The fraction of sp³-hybridized carbons (Fsp3) is 0.600. The lowest BCUT2D eigenvalue weighted by molar-refractivity contribution is 0.124. The minimum Gasteiger partial charge on any atom is -0.338 e. The number of piperazine rings is 1. The molecule has 2 aromatic rings. The van der Waals surface area contributed by atoms with E-state index in [1.807, 2.05) is 26.0 Å². The van der Waals surface area contributed by atoms with Gasteiger partial charge in [-0.25, -0.2) is 8.42 Å². The molecule has 1 aromatic heterocycles. The first-order chi connectivity index (χ1) is 13.1. The maximum absolute atomic E-state index is 13.0. The third-order valence-corrected chi connectivity index (χ3v) is 7.25. The average Bonchev–Trinajstić information content (AvgIpc) is 3.16. The summed E-state index contributed by atoms with van der Waals surface area (Å²) in [5.74, 6) is 1.28. The van der Waals surface area contributed by atoms with E-state index in [0.29, 0.717) is 42.8 Å². The molecule has 1 aliphatic heterocycles. The van der Waals surface area contributed by atoms with E-state index in [-0.39, 0.29) is 11.5 Å². The van der Waals surface area contributed by atoms with E-state index < -0.39 is 10.0 Å². The third-order valence-electron chi connectivity index (χ3n) is 5.34. The molecule has 28 heavy (non-hydrogen) atoms. The number of aryl methyl sites for hydroxylation is 1. The topological polar surface area (TPSA) is 79.5 Å². The number of sulfonamides is 1. The van der Waals surface area contributed by atoms with Crippen LogP contribution in [-0.4, -0.2) is 53.9 Å². The summed E-state index contributed by atoms with van der Waals surface area (Å²) >= 11 is 0. The predicted octanol–water partition coefficient (Wildman–Crippen LogP) is 3.00. The zero-order chi connectivity index (χ0) is 20.5. The normalized spacial score (nSPS) is 18.3. The van der Waals surface area contributed by atoms with Crippen molar-refractivity contribution in [1.29, 1.82) is 0 Å². The smallest absolute Gasteiger partial charge is 0.243 e. The standard InChI is InChI=1S/C20H30N4O3S/c1-6-18-21-19(27-22-18)15(2)23-11-13-24(14-12-23)28(25,26)17-9-7-16(8-10-17)20(3,4)5/h7-10,15H,6,11-14H2,1-5H3/t15-/m1/s1. The van der Waals surface area contributed by atoms with E-state index in [9.17, 15) is 8.42 Å². The molecule has 0 saturated carbocycles. The molecule has 154 valence electrons. The van der Waals surface area contributed by atoms with Gasteiger partial charge < -0.3 is 4.52 Å². The minimum atomic E-state index is -3.48. The van der Waals surface area contributed by atoms with E-state index in [1.54, 1.807) is 16.4 Å². The number of benzene rings is 1. The highest BCUT2D eigenvalue weighted by Gasteiger charge is 2.32. The first kappa shape index (κ1) is 21.0. The second kappa shape index (κ2) is 7.93. The highest BCUT2D eigenvalue weighted by Crippen LogP contribution is 2.26. The van der Waals surface area contributed by atoms with Gasteiger partial charge in [-0.3, -0.25) is 4.90 Å². The van der Waals surface area contributed by atoms with Crippen molar-refractivity contribution in [3.8, 4) is 0 Å². The van der Waals surface area contributed by atoms with E-state index in [2.05, 4.69) is 35.8 Å². The van der Waals surface area contributed by atoms with Gasteiger partial charge in [-0.1, -0.05) is 45.0 Å². The maximum atomic E-state index is 13.0. The summed E-state index contributed by atoms with van der Waals surface area (Å²) in [6.45, 7) is 12.5. The molecule has 3 rings (SSSR count). The van der Waals surface area contributed by atoms with Crippen molar-refractivity contribution < 1.29 is 12.9 Å². The van der Waals surface area contributed by atoms with Crippen molar-refractivity contribution in [2.45, 2.75) is 57.4 Å². The molecule has 0 radical (unpaired) electrons. The molecule has 7 nitrogen and oxygen atoms in total. The van der Waals surface area contributed by atoms with Crippen LogP contribution in [0, 0.1) is 0 Å². The van der Waals surface area contributed by atoms with E-state index in [0.717, 1.165) is 12.0 Å². The van der Waals surface area contributed by atoms with E-state index >= 15 is 0 Å². The van der Waals surface area contributed by atoms with Crippen LogP contribution in [0.4, 0.5) is 0 Å². The number of rotatable bonds is 5. The van der Waals surface area contributed by atoms with Crippen LogP contribution in [0.1, 0.15) is 57.9 Å². The van der Waals surface area contributed by atoms with Gasteiger partial charge in [-0.2, -0.15) is 9.29 Å². The zero-order valence-corrected chi connectivity index (χ0v) is 18.2. The Morgan fingerprint density at radius 1 is 1.11 bits per heavy atom. The molecule has 0 bridgehead atoms. The maximum Gasteiger partial charge on any atom is 0.243 e. The zero-order valence-electron chi connectivity index (χ0n) is 17.3. The Hall–Kier alpha value is -1.77. The van der Waals surface area contributed by atoms with Crippen molar-refractivity contribution >= 4 is 10.0 Å². The van der Waals surface area contributed by atoms with Crippen LogP contribution in [0.2, 0.25) is 0 Å². The van der Waals surface area contributed by atoms with Crippen LogP contribution in [0.5, 0.6) is 0 Å². The molecule has 0 amide bonds. The molecule has 2 heterocycles. The van der Waals surface area contributed by atoms with Crippen LogP contribution < -0.4 is 0 Å². The molecule has 8 heteroatoms. The minimum absolute atomic E-state index is 0.00353. The number of aromatic nitrogens is 2. The van der Waals surface area contributed by atoms with Crippen molar-refractivity contribution in [2.75, 3.05) is 26.2 Å². The van der Waals surface area contributed by atoms with Crippen LogP contribution in [-0.2, 0) is 21.9 Å². The molecule has 1 aliphatic rings. The summed E-state index contributed by atoms with van der Waals surface area (Å²) < 4.78 is 32.9. The van der Waals surface area contributed by atoms with Crippen LogP contribution >= 0.6 is 0 Å². The lowest BCUT2D eigenvalue weighted by atomic mass is 9.87. The largest absolute Gasteiger partial charge is 0.338 e. The Morgan fingerprint density at radius 2 is 1.71 bits per heavy atom. The summed E-state index contributed by atoms with van der Waals surface area (Å²) in [7, 11) is -3.48. The highest BCUT2D eigenvalue weighted by atomic mass is 32.2. The van der Waals surface area contributed by atoms with Gasteiger partial charge in [0, 0.05) is 32.6 Å². The number of nitrogens with zero attached hydrogens (tertiary/aromatic N) is 4. The van der Waals surface area contributed by atoms with Gasteiger partial charge >= 0.3 is 0 Å². The van der Waals surface area contributed by atoms with Crippen molar-refractivity contribution in [3.05, 3.63) is 41.5 Å². The van der Waals surface area contributed by atoms with Crippen molar-refractivity contribution in [3.63, 3.8) is 0 Å². The van der Waals surface area contributed by atoms with Gasteiger partial charge in [-0.15, -0.1) is 0 Å². The Morgan fingerprint density at radius 3 is 2.21 bits per heavy atom. The molecular formula is C20H30N4O3S. The first-order valence-electron chi connectivity index (χ1n) is 9.80. The van der Waals surface area contributed by atoms with Gasteiger partial charge in [-0.05, 0) is 30.0 Å². The molecule has 0 spiro atoms. The Kier molecular flexibility index (Phi) is 5.93. The molecule has 0 N–H and O–H groups in total. The van der Waals surface area contributed by atoms with Crippen molar-refractivity contribution in [1.82, 2.24) is 19.3 Å². The molecule has 1 atom stereocenters. The fourth-order valence-corrected chi connectivity index (χ4v) is 4.77. The SMILES string of the molecule is CCc1noc([C@@H](C)N2CCN(S(=O)(=O)c3ccc(C(C)(C)C)cc3)CC2)n1. The van der Waals surface area contributed by atoms with E-state index in [4.69, 9.17) is 4.52 Å². The van der Waals surface area contributed by atoms with Gasteiger partial charge in [0.2, 0.25) is 15.9 Å². The van der Waals surface area contributed by atoms with Gasteiger partial charge in [0.05, 0.1) is 10.9 Å². The lowest BCUT2D eigenvalue weighted by Gasteiger charge is -2.36. The average molecular weight is 407 g/mol. The summed E-state index contributed by atoms with van der Waals surface area (Å²) in [6.07, 6.45) is 0.732. The van der Waals surface area contributed by atoms with E-state index in [1.165, 1.54) is 0 Å². The van der Waals surface area contributed by atoms with Crippen LogP contribution in [0.15, 0.2) is 33.7 Å². The molecule has 1 saturated heterocycles. The number of hydrogen-bond acceptors (Lipinski definition) is 6. The number of hydrogen-bond donors (Lipinski definition) is 0. The van der Waals surface area contributed by atoms with Gasteiger partial charge in [0.25, 0.3) is 0 Å². The van der Waals surface area contributed by atoms with Gasteiger partial charge in [0.15, 0.2) is 5.82 Å². The summed E-state index contributed by atoms with van der Waals surface area (Å²) in [4.78, 5) is 6.93. The van der Waals surface area contributed by atoms with Crippen LogP contribution in [0.25, 0.3) is 0 Å². The van der Waals surface area contributed by atoms with Crippen molar-refractivity contribution in [2.24, 2.45) is 0 Å². The highest BCUT2D eigenvalue weighted by molar-refractivity contribution is 7.89. The van der Waals surface area contributed by atoms with Gasteiger partial charge in [0.1, 0.15) is 0 Å². The monoisotopic (exact) mass is 406 g/mol. The first-order valence-corrected chi connectivity index (χ1v) is 11.2. The third kappa shape index (κ3) is 4.29. The summed E-state index contributed by atoms with van der Waals surface area (Å²) in [5.41, 5.74) is 1.12. The van der Waals surface area contributed by atoms with Crippen LogP contribution in [0.3, 0.4) is 0 Å². The second-order valence-electron chi connectivity index (χ2n) is 8.29. The molecule has 1 fully saturated rings. The Balaban J connectivity index is 1.66. The Labute approximate surface area is 167 Å². The predicted molar refractivity (Wildman–Crippen MR) is 108 cm³/mol. The summed E-state index contributed by atoms with van der Waals surface area (Å²) in [6, 6.07) is 7.23. The summed E-state index contributed by atoms with van der Waals surface area (Å²) in [5, 5.41) is 3.95. The second-order valence-corrected chi connectivity index (χ2v) is 10.2. The molecule has 0 aliphatic carbocycles. The molecular weight excluding hydrogens is 376 g/mol. The molecule has 0 unspecified atom stereocenters. The molecule has 1 aromatic carbocycles. The lowest BCUT2D eigenvalue weighted by Crippen LogP contribution is -2.49. The fourth-order valence-electron chi connectivity index (χ4n) is 3.34. The quantitative estimate of drug-likeness (QED) is 0.759.